The summed E-state index contributed by atoms with van der Waals surface area (Å²) in [6, 6.07) is 6.71. The summed E-state index contributed by atoms with van der Waals surface area (Å²) in [7, 11) is 0. The van der Waals surface area contributed by atoms with Gasteiger partial charge in [-0.3, -0.25) is 4.79 Å². The van der Waals surface area contributed by atoms with E-state index in [1.165, 1.54) is 0 Å². The van der Waals surface area contributed by atoms with Gasteiger partial charge in [0.15, 0.2) is 0 Å². The van der Waals surface area contributed by atoms with Crippen molar-refractivity contribution in [3.63, 3.8) is 0 Å². The molecule has 4 nitrogen and oxygen atoms in total. The van der Waals surface area contributed by atoms with Crippen molar-refractivity contribution in [2.45, 2.75) is 44.1 Å². The standard InChI is InChI=1S/C15H20N2O2S/c16-14(20)15(7-2-1-3-8-15)17-13(19)10-11-5-4-6-12(18)9-11/h4-6,9,18H,1-3,7-8,10H2,(H2,16,20)(H,17,19). The van der Waals surface area contributed by atoms with Gasteiger partial charge in [0.05, 0.1) is 16.9 Å². The maximum atomic E-state index is 12.2. The van der Waals surface area contributed by atoms with Gasteiger partial charge in [-0.15, -0.1) is 0 Å². The second-order valence-electron chi connectivity index (χ2n) is 5.40. The number of benzene rings is 1. The minimum absolute atomic E-state index is 0.106. The highest BCUT2D eigenvalue weighted by Gasteiger charge is 2.36. The van der Waals surface area contributed by atoms with Crippen molar-refractivity contribution in [2.24, 2.45) is 5.73 Å². The third-order valence-electron chi connectivity index (χ3n) is 3.83. The Labute approximate surface area is 124 Å². The third-order valence-corrected chi connectivity index (χ3v) is 4.22. The molecule has 0 atom stereocenters. The molecule has 0 aromatic heterocycles. The van der Waals surface area contributed by atoms with Crippen LogP contribution in [0.4, 0.5) is 0 Å². The number of phenolic OH excluding ortho intramolecular Hbond substituents is 1. The number of hydrogen-bond donors (Lipinski definition) is 3. The van der Waals surface area contributed by atoms with Crippen LogP contribution in [-0.4, -0.2) is 21.5 Å². The van der Waals surface area contributed by atoms with Gasteiger partial charge in [-0.1, -0.05) is 43.6 Å². The van der Waals surface area contributed by atoms with Crippen LogP contribution in [0.1, 0.15) is 37.7 Å². The summed E-state index contributed by atoms with van der Waals surface area (Å²) in [5.74, 6) is 0.0577. The number of aromatic hydroxyl groups is 1. The van der Waals surface area contributed by atoms with E-state index in [1.807, 2.05) is 6.07 Å². The van der Waals surface area contributed by atoms with Crippen molar-refractivity contribution >= 4 is 23.1 Å². The van der Waals surface area contributed by atoms with Crippen molar-refractivity contribution in [1.82, 2.24) is 5.32 Å². The van der Waals surface area contributed by atoms with Gasteiger partial charge in [0.25, 0.3) is 0 Å². The summed E-state index contributed by atoms with van der Waals surface area (Å²) in [6.07, 6.45) is 5.07. The first-order chi connectivity index (χ1) is 9.52. The Morgan fingerprint density at radius 3 is 2.65 bits per heavy atom. The predicted octanol–water partition coefficient (Wildman–Crippen LogP) is 2.04. The predicted molar refractivity (Wildman–Crippen MR) is 82.6 cm³/mol. The number of thiocarbonyl (C=S) groups is 1. The second-order valence-corrected chi connectivity index (χ2v) is 5.84. The number of carbonyl (C=O) groups excluding carboxylic acids is 1. The van der Waals surface area contributed by atoms with Crippen molar-refractivity contribution in [1.29, 1.82) is 0 Å². The molecule has 1 aromatic rings. The Kier molecular flexibility index (Phi) is 4.60. The van der Waals surface area contributed by atoms with E-state index in [0.717, 1.165) is 37.7 Å². The van der Waals surface area contributed by atoms with Crippen LogP contribution in [0.15, 0.2) is 24.3 Å². The van der Waals surface area contributed by atoms with Crippen molar-refractivity contribution in [2.75, 3.05) is 0 Å². The van der Waals surface area contributed by atoms with Gasteiger partial charge in [-0.2, -0.15) is 0 Å². The molecule has 108 valence electrons. The van der Waals surface area contributed by atoms with Gasteiger partial charge in [0.1, 0.15) is 5.75 Å². The van der Waals surface area contributed by atoms with E-state index < -0.39 is 5.54 Å². The summed E-state index contributed by atoms with van der Waals surface area (Å²) >= 11 is 5.15. The monoisotopic (exact) mass is 292 g/mol. The van der Waals surface area contributed by atoms with Gasteiger partial charge in [0, 0.05) is 0 Å². The van der Waals surface area contributed by atoms with Crippen LogP contribution in [0.3, 0.4) is 0 Å². The van der Waals surface area contributed by atoms with E-state index >= 15 is 0 Å². The van der Waals surface area contributed by atoms with E-state index in [2.05, 4.69) is 5.32 Å². The molecule has 0 saturated heterocycles. The van der Waals surface area contributed by atoms with Gasteiger partial charge in [-0.05, 0) is 30.5 Å². The first kappa shape index (κ1) is 14.8. The normalized spacial score (nSPS) is 17.4. The summed E-state index contributed by atoms with van der Waals surface area (Å²) in [5.41, 5.74) is 6.09. The molecule has 1 saturated carbocycles. The quantitative estimate of drug-likeness (QED) is 0.742. The number of nitrogens with one attached hydrogen (secondary N) is 1. The van der Waals surface area contributed by atoms with Gasteiger partial charge >= 0.3 is 0 Å². The van der Waals surface area contributed by atoms with E-state index in [-0.39, 0.29) is 18.1 Å². The minimum Gasteiger partial charge on any atom is -0.508 e. The fourth-order valence-corrected chi connectivity index (χ4v) is 3.01. The van der Waals surface area contributed by atoms with Crippen molar-refractivity contribution in [3.05, 3.63) is 29.8 Å². The zero-order chi connectivity index (χ0) is 14.6. The molecule has 1 fully saturated rings. The lowest BCUT2D eigenvalue weighted by molar-refractivity contribution is -0.121. The lowest BCUT2D eigenvalue weighted by atomic mass is 9.81. The average molecular weight is 292 g/mol. The molecule has 0 heterocycles. The van der Waals surface area contributed by atoms with E-state index in [4.69, 9.17) is 18.0 Å². The SMILES string of the molecule is NC(=S)C1(NC(=O)Cc2cccc(O)c2)CCCCC1. The molecule has 4 N–H and O–H groups in total. The molecule has 2 rings (SSSR count). The van der Waals surface area contributed by atoms with Crippen LogP contribution in [-0.2, 0) is 11.2 Å². The van der Waals surface area contributed by atoms with Crippen LogP contribution in [0.2, 0.25) is 0 Å². The molecular formula is C15H20N2O2S. The van der Waals surface area contributed by atoms with E-state index in [0.29, 0.717) is 4.99 Å². The highest BCUT2D eigenvalue weighted by molar-refractivity contribution is 7.80. The summed E-state index contributed by atoms with van der Waals surface area (Å²) < 4.78 is 0. The first-order valence-electron chi connectivity index (χ1n) is 6.91. The lowest BCUT2D eigenvalue weighted by Gasteiger charge is -2.37. The molecule has 0 aliphatic heterocycles. The third kappa shape index (κ3) is 3.48. The Bertz CT molecular complexity index is 510. The molecular weight excluding hydrogens is 272 g/mol. The summed E-state index contributed by atoms with van der Waals surface area (Å²) in [4.78, 5) is 12.6. The number of phenols is 1. The smallest absolute Gasteiger partial charge is 0.225 e. The summed E-state index contributed by atoms with van der Waals surface area (Å²) in [5, 5.41) is 12.4. The zero-order valence-corrected chi connectivity index (χ0v) is 12.2. The Hall–Kier alpha value is -1.62. The highest BCUT2D eigenvalue weighted by Crippen LogP contribution is 2.28. The first-order valence-corrected chi connectivity index (χ1v) is 7.31. The van der Waals surface area contributed by atoms with Crippen LogP contribution in [0, 0.1) is 0 Å². The topological polar surface area (TPSA) is 75.3 Å². The molecule has 1 aromatic carbocycles. The molecule has 0 bridgehead atoms. The Morgan fingerprint density at radius 2 is 2.05 bits per heavy atom. The van der Waals surface area contributed by atoms with E-state index in [1.54, 1.807) is 18.2 Å². The number of nitrogens with two attached hydrogens (primary N) is 1. The van der Waals surface area contributed by atoms with Gasteiger partial charge in [-0.25, -0.2) is 0 Å². The van der Waals surface area contributed by atoms with Crippen molar-refractivity contribution < 1.29 is 9.90 Å². The fourth-order valence-electron chi connectivity index (χ4n) is 2.75. The number of hydrogen-bond acceptors (Lipinski definition) is 3. The largest absolute Gasteiger partial charge is 0.508 e. The molecule has 0 radical (unpaired) electrons. The molecule has 1 aliphatic rings. The van der Waals surface area contributed by atoms with Crippen LogP contribution < -0.4 is 11.1 Å². The number of carbonyl (C=O) groups is 1. The van der Waals surface area contributed by atoms with Gasteiger partial charge < -0.3 is 16.2 Å². The molecule has 0 spiro atoms. The molecule has 20 heavy (non-hydrogen) atoms. The molecule has 5 heteroatoms. The van der Waals surface area contributed by atoms with E-state index in [9.17, 15) is 9.90 Å². The van der Waals surface area contributed by atoms with Gasteiger partial charge in [0.2, 0.25) is 5.91 Å². The number of rotatable bonds is 4. The molecule has 1 amide bonds. The Morgan fingerprint density at radius 1 is 1.35 bits per heavy atom. The highest BCUT2D eigenvalue weighted by atomic mass is 32.1. The average Bonchev–Trinajstić information content (AvgIpc) is 2.39. The maximum absolute atomic E-state index is 12.2. The molecule has 1 aliphatic carbocycles. The number of amides is 1. The van der Waals surface area contributed by atoms with Crippen LogP contribution >= 0.6 is 12.2 Å². The minimum atomic E-state index is -0.526. The Balaban J connectivity index is 2.03. The lowest BCUT2D eigenvalue weighted by Crippen LogP contribution is -2.58. The van der Waals surface area contributed by atoms with Crippen LogP contribution in [0.25, 0.3) is 0 Å². The molecule has 0 unspecified atom stereocenters. The van der Waals surface area contributed by atoms with Crippen molar-refractivity contribution in [3.8, 4) is 5.75 Å². The zero-order valence-electron chi connectivity index (χ0n) is 11.4. The fraction of sp³-hybridized carbons (Fsp3) is 0.467. The summed E-state index contributed by atoms with van der Waals surface area (Å²) in [6.45, 7) is 0. The second kappa shape index (κ2) is 6.22. The van der Waals surface area contributed by atoms with Crippen LogP contribution in [0.5, 0.6) is 5.75 Å². The maximum Gasteiger partial charge on any atom is 0.225 e.